The Kier molecular flexibility index (Phi) is 6.45. The molecule has 1 aromatic heterocycles. The lowest BCUT2D eigenvalue weighted by molar-refractivity contribution is 0.289. The first-order chi connectivity index (χ1) is 7.77. The Morgan fingerprint density at radius 2 is 2.38 bits per heavy atom. The lowest BCUT2D eigenvalue weighted by Crippen LogP contribution is -2.13. The maximum Gasteiger partial charge on any atom is 0.101 e. The topological polar surface area (TPSA) is 45.2 Å². The van der Waals surface area contributed by atoms with E-state index in [2.05, 4.69) is 30.2 Å². The number of aliphatic hydroxyl groups is 1. The molecule has 1 atom stereocenters. The zero-order valence-corrected chi connectivity index (χ0v) is 10.8. The molecular weight excluding hydrogens is 220 g/mol. The average Bonchev–Trinajstić information content (AvgIpc) is 2.28. The molecule has 0 bridgehead atoms. The number of aromatic nitrogens is 1. The van der Waals surface area contributed by atoms with Gasteiger partial charge in [0.05, 0.1) is 0 Å². The Hall–Kier alpha value is -0.580. The van der Waals surface area contributed by atoms with Crippen LogP contribution in [0.1, 0.15) is 25.8 Å². The molecule has 0 saturated heterocycles. The van der Waals surface area contributed by atoms with Crippen molar-refractivity contribution < 1.29 is 5.11 Å². The Morgan fingerprint density at radius 3 is 3.06 bits per heavy atom. The Bertz CT molecular complexity index is 307. The van der Waals surface area contributed by atoms with E-state index >= 15 is 0 Å². The number of rotatable bonds is 7. The number of nitrogens with zero attached hydrogens (tertiary/aromatic N) is 1. The Labute approximate surface area is 102 Å². The highest BCUT2D eigenvalue weighted by atomic mass is 32.2. The van der Waals surface area contributed by atoms with E-state index in [1.165, 1.54) is 5.56 Å². The largest absolute Gasteiger partial charge is 0.396 e. The van der Waals surface area contributed by atoms with Crippen LogP contribution in [0, 0.1) is 0 Å². The van der Waals surface area contributed by atoms with Gasteiger partial charge in [-0.1, -0.05) is 19.9 Å². The summed E-state index contributed by atoms with van der Waals surface area (Å²) >= 11 is 1.73. The van der Waals surface area contributed by atoms with Crippen molar-refractivity contribution in [2.45, 2.75) is 37.1 Å². The number of hydrogen-bond acceptors (Lipinski definition) is 4. The summed E-state index contributed by atoms with van der Waals surface area (Å²) in [5.74, 6) is 0. The molecule has 1 aromatic rings. The summed E-state index contributed by atoms with van der Waals surface area (Å²) in [6.45, 7) is 6.28. The summed E-state index contributed by atoms with van der Waals surface area (Å²) < 4.78 is 0. The van der Waals surface area contributed by atoms with Gasteiger partial charge in [0.1, 0.15) is 5.03 Å². The van der Waals surface area contributed by atoms with Gasteiger partial charge in [0, 0.05) is 24.6 Å². The van der Waals surface area contributed by atoms with E-state index in [1.54, 1.807) is 11.8 Å². The van der Waals surface area contributed by atoms with Gasteiger partial charge in [-0.05, 0) is 24.6 Å². The molecule has 90 valence electrons. The molecule has 0 spiro atoms. The first kappa shape index (κ1) is 13.5. The van der Waals surface area contributed by atoms with Crippen molar-refractivity contribution in [3.05, 3.63) is 23.9 Å². The van der Waals surface area contributed by atoms with Crippen LogP contribution in [-0.2, 0) is 6.54 Å². The molecule has 0 radical (unpaired) electrons. The van der Waals surface area contributed by atoms with Crippen molar-refractivity contribution in [2.24, 2.45) is 0 Å². The summed E-state index contributed by atoms with van der Waals surface area (Å²) in [7, 11) is 0. The molecule has 4 heteroatoms. The lowest BCUT2D eigenvalue weighted by atomic mass is 10.3. The molecule has 16 heavy (non-hydrogen) atoms. The summed E-state index contributed by atoms with van der Waals surface area (Å²) in [4.78, 5) is 4.40. The van der Waals surface area contributed by atoms with Crippen molar-refractivity contribution in [3.8, 4) is 0 Å². The van der Waals surface area contributed by atoms with Gasteiger partial charge in [-0.2, -0.15) is 0 Å². The molecule has 1 rings (SSSR count). The van der Waals surface area contributed by atoms with Crippen LogP contribution in [0.15, 0.2) is 23.4 Å². The summed E-state index contributed by atoms with van der Waals surface area (Å²) in [5, 5.41) is 13.7. The highest BCUT2D eigenvalue weighted by molar-refractivity contribution is 7.99. The van der Waals surface area contributed by atoms with E-state index < -0.39 is 0 Å². The van der Waals surface area contributed by atoms with Crippen LogP contribution in [0.3, 0.4) is 0 Å². The first-order valence-electron chi connectivity index (χ1n) is 5.70. The van der Waals surface area contributed by atoms with E-state index in [4.69, 9.17) is 5.11 Å². The van der Waals surface area contributed by atoms with Gasteiger partial charge >= 0.3 is 0 Å². The van der Waals surface area contributed by atoms with Crippen LogP contribution in [0.2, 0.25) is 0 Å². The van der Waals surface area contributed by atoms with Crippen molar-refractivity contribution in [1.29, 1.82) is 0 Å². The second kappa shape index (κ2) is 7.65. The molecule has 0 saturated carbocycles. The maximum absolute atomic E-state index is 8.88. The summed E-state index contributed by atoms with van der Waals surface area (Å²) in [6.07, 6.45) is 2.63. The maximum atomic E-state index is 8.88. The third kappa shape index (κ3) is 4.51. The van der Waals surface area contributed by atoms with Gasteiger partial charge in [0.15, 0.2) is 0 Å². The molecule has 1 heterocycles. The average molecular weight is 240 g/mol. The number of nitrogens with one attached hydrogen (secondary N) is 1. The minimum Gasteiger partial charge on any atom is -0.396 e. The van der Waals surface area contributed by atoms with Gasteiger partial charge in [-0.3, -0.25) is 0 Å². The van der Waals surface area contributed by atoms with Crippen molar-refractivity contribution >= 4 is 11.8 Å². The van der Waals surface area contributed by atoms with E-state index in [0.717, 1.165) is 24.5 Å². The normalized spacial score (nSPS) is 12.7. The highest BCUT2D eigenvalue weighted by Crippen LogP contribution is 2.25. The minimum atomic E-state index is 0.240. The highest BCUT2D eigenvalue weighted by Gasteiger charge is 2.08. The van der Waals surface area contributed by atoms with E-state index in [0.29, 0.717) is 5.25 Å². The van der Waals surface area contributed by atoms with Crippen LogP contribution >= 0.6 is 11.8 Å². The molecule has 0 aliphatic heterocycles. The number of aliphatic hydroxyl groups excluding tert-OH is 1. The number of thioether (sulfide) groups is 1. The van der Waals surface area contributed by atoms with E-state index in [9.17, 15) is 0 Å². The van der Waals surface area contributed by atoms with Crippen molar-refractivity contribution in [3.63, 3.8) is 0 Å². The number of hydrogen-bond donors (Lipinski definition) is 2. The second-order valence-corrected chi connectivity index (χ2v) is 5.12. The van der Waals surface area contributed by atoms with Crippen molar-refractivity contribution in [2.75, 3.05) is 13.2 Å². The zero-order valence-electron chi connectivity index (χ0n) is 9.94. The fraction of sp³-hybridized carbons (Fsp3) is 0.583. The monoisotopic (exact) mass is 240 g/mol. The predicted octanol–water partition coefficient (Wildman–Crippen LogP) is 2.05. The fourth-order valence-corrected chi connectivity index (χ4v) is 2.37. The standard InChI is InChI=1S/C12H20N2OS/c1-3-13-9-11-5-4-7-14-12(11)16-10(2)6-8-15/h4-5,7,10,13,15H,3,6,8-9H2,1-2H3. The van der Waals surface area contributed by atoms with Gasteiger partial charge in [-0.15, -0.1) is 11.8 Å². The molecule has 0 fully saturated rings. The zero-order chi connectivity index (χ0) is 11.8. The molecule has 1 unspecified atom stereocenters. The van der Waals surface area contributed by atoms with Crippen LogP contribution in [0.25, 0.3) is 0 Å². The molecule has 0 aliphatic rings. The van der Waals surface area contributed by atoms with Gasteiger partial charge in [0.2, 0.25) is 0 Å². The fourth-order valence-electron chi connectivity index (χ4n) is 1.36. The van der Waals surface area contributed by atoms with Crippen LogP contribution in [0.4, 0.5) is 0 Å². The lowest BCUT2D eigenvalue weighted by Gasteiger charge is -2.12. The molecule has 0 amide bonds. The summed E-state index contributed by atoms with van der Waals surface area (Å²) in [5.41, 5.74) is 1.24. The predicted molar refractivity (Wildman–Crippen MR) is 68.6 cm³/mol. The Morgan fingerprint density at radius 1 is 1.56 bits per heavy atom. The van der Waals surface area contributed by atoms with Crippen LogP contribution < -0.4 is 5.32 Å². The number of pyridine rings is 1. The molecule has 3 nitrogen and oxygen atoms in total. The molecule has 2 N–H and O–H groups in total. The third-order valence-corrected chi connectivity index (χ3v) is 3.49. The molecule has 0 aromatic carbocycles. The first-order valence-corrected chi connectivity index (χ1v) is 6.58. The van der Waals surface area contributed by atoms with Gasteiger partial charge in [-0.25, -0.2) is 4.98 Å². The molecular formula is C12H20N2OS. The van der Waals surface area contributed by atoms with E-state index in [1.807, 2.05) is 12.3 Å². The smallest absolute Gasteiger partial charge is 0.101 e. The van der Waals surface area contributed by atoms with Crippen LogP contribution in [0.5, 0.6) is 0 Å². The third-order valence-electron chi connectivity index (χ3n) is 2.26. The summed E-state index contributed by atoms with van der Waals surface area (Å²) in [6, 6.07) is 4.07. The van der Waals surface area contributed by atoms with Gasteiger partial charge < -0.3 is 10.4 Å². The van der Waals surface area contributed by atoms with Crippen molar-refractivity contribution in [1.82, 2.24) is 10.3 Å². The SMILES string of the molecule is CCNCc1cccnc1SC(C)CCO. The molecule has 0 aliphatic carbocycles. The van der Waals surface area contributed by atoms with Crippen LogP contribution in [-0.4, -0.2) is 28.5 Å². The quantitative estimate of drug-likeness (QED) is 0.716. The van der Waals surface area contributed by atoms with E-state index in [-0.39, 0.29) is 6.61 Å². The second-order valence-electron chi connectivity index (χ2n) is 3.69. The Balaban J connectivity index is 2.62. The van der Waals surface area contributed by atoms with Gasteiger partial charge in [0.25, 0.3) is 0 Å². The minimum absolute atomic E-state index is 0.240.